The van der Waals surface area contributed by atoms with Crippen molar-refractivity contribution >= 4 is 29.3 Å². The van der Waals surface area contributed by atoms with Crippen LogP contribution < -0.4 is 24.3 Å². The van der Waals surface area contributed by atoms with Crippen molar-refractivity contribution in [3.8, 4) is 23.0 Å². The van der Waals surface area contributed by atoms with Gasteiger partial charge >= 0.3 is 6.09 Å². The molecule has 12 heteroatoms. The number of fused-ring (bicyclic) bond motifs is 2. The van der Waals surface area contributed by atoms with Gasteiger partial charge in [0.1, 0.15) is 29.6 Å². The first-order valence-corrected chi connectivity index (χ1v) is 28.0. The van der Waals surface area contributed by atoms with Gasteiger partial charge in [0, 0.05) is 37.2 Å². The molecular formula is C59H84N2O9S. The molecule has 6 rings (SSSR count). The lowest BCUT2D eigenvalue weighted by atomic mass is 9.56. The molecule has 0 spiro atoms. The number of thioether (sulfide) groups is 1. The number of aliphatic hydroxyl groups excluding tert-OH is 2. The fraction of sp³-hybridized carbons (Fsp3) is 0.593. The van der Waals surface area contributed by atoms with Crippen molar-refractivity contribution in [2.24, 2.45) is 22.9 Å². The van der Waals surface area contributed by atoms with Crippen molar-refractivity contribution in [2.75, 3.05) is 45.1 Å². The molecule has 2 aliphatic carbocycles. The molecule has 6 atom stereocenters. The maximum absolute atomic E-state index is 13.6. The summed E-state index contributed by atoms with van der Waals surface area (Å²) in [6.07, 6.45) is 27.4. The van der Waals surface area contributed by atoms with Crippen LogP contribution in [0.4, 0.5) is 10.5 Å². The van der Waals surface area contributed by atoms with Crippen LogP contribution in [0.3, 0.4) is 0 Å². The van der Waals surface area contributed by atoms with Gasteiger partial charge in [-0.1, -0.05) is 151 Å². The summed E-state index contributed by atoms with van der Waals surface area (Å²) in [5, 5.41) is 27.7. The zero-order valence-electron chi connectivity index (χ0n) is 43.1. The monoisotopic (exact) mass is 997 g/mol. The average molecular weight is 997 g/mol. The van der Waals surface area contributed by atoms with Gasteiger partial charge in [-0.25, -0.2) is 4.79 Å². The van der Waals surface area contributed by atoms with E-state index in [2.05, 4.69) is 24.9 Å². The summed E-state index contributed by atoms with van der Waals surface area (Å²) < 4.78 is 31.5. The molecule has 0 bridgehead atoms. The largest absolute Gasteiger partial charge is 0.497 e. The minimum Gasteiger partial charge on any atom is -0.497 e. The summed E-state index contributed by atoms with van der Waals surface area (Å²) in [4.78, 5) is 19.9. The number of methoxy groups -OCH3 is 2. The molecule has 1 amide bonds. The summed E-state index contributed by atoms with van der Waals surface area (Å²) in [7, 11) is 3.11. The number of allylic oxidation sites excluding steroid dienone is 1. The number of amides is 1. The fourth-order valence-electron chi connectivity index (χ4n) is 11.0. The van der Waals surface area contributed by atoms with Gasteiger partial charge in [-0.05, 0) is 91.2 Å². The Morgan fingerprint density at radius 2 is 1.49 bits per heavy atom. The van der Waals surface area contributed by atoms with Gasteiger partial charge in [0.05, 0.1) is 43.4 Å². The Kier molecular flexibility index (Phi) is 24.0. The average Bonchev–Trinajstić information content (AvgIpc) is 3.38. The molecule has 6 unspecified atom stereocenters. The Bertz CT molecular complexity index is 2110. The van der Waals surface area contributed by atoms with E-state index in [1.807, 2.05) is 54.2 Å². The van der Waals surface area contributed by atoms with Crippen LogP contribution in [0.2, 0.25) is 0 Å². The number of benzene rings is 3. The first-order chi connectivity index (χ1) is 34.9. The van der Waals surface area contributed by atoms with Crippen LogP contribution in [0.5, 0.6) is 23.0 Å². The van der Waals surface area contributed by atoms with E-state index in [4.69, 9.17) is 33.7 Å². The van der Waals surface area contributed by atoms with Crippen LogP contribution in [-0.4, -0.2) is 72.8 Å². The van der Waals surface area contributed by atoms with E-state index in [-0.39, 0.29) is 42.1 Å². The Morgan fingerprint density at radius 3 is 2.15 bits per heavy atom. The number of hydrogen-bond donors (Lipinski definition) is 3. The molecule has 1 fully saturated rings. The number of carbonyl (C=O) groups is 1. The van der Waals surface area contributed by atoms with Crippen LogP contribution in [0.1, 0.15) is 159 Å². The highest BCUT2D eigenvalue weighted by Gasteiger charge is 2.64. The standard InChI is InChI=1S/C59H84N2O9S/c1-5-7-8-9-10-11-12-13-14-15-16-17-18-26-38-71-55-42-52(61-68-43-44-27-20-19-21-28-44)49-39-45(29-22-24-35-62)48(30-23-25-36-63)56-50-40-47(32-34-53(50)70-59(55,57(49)56)67-37-6-2)69-58(64)60-51-33-31-46(65-3)41-54(51)66-4/h6,19-21,27-28,31-34,39-41,45,48,55-57,62-63H,2,5,7-18,22-26,29-30,35-38,42-43H2,1,3-4H3,(H,60,64). The molecule has 1 saturated carbocycles. The van der Waals surface area contributed by atoms with Gasteiger partial charge in [0.25, 0.3) is 0 Å². The molecule has 0 saturated heterocycles. The highest BCUT2D eigenvalue weighted by molar-refractivity contribution is 8.00. The van der Waals surface area contributed by atoms with Crippen LogP contribution in [0.25, 0.3) is 0 Å². The zero-order chi connectivity index (χ0) is 50.1. The van der Waals surface area contributed by atoms with E-state index in [0.717, 1.165) is 60.3 Å². The van der Waals surface area contributed by atoms with Crippen molar-refractivity contribution in [1.82, 2.24) is 0 Å². The molecule has 11 nitrogen and oxygen atoms in total. The molecule has 71 heavy (non-hydrogen) atoms. The number of aliphatic hydroxyl groups is 2. The summed E-state index contributed by atoms with van der Waals surface area (Å²) in [5.74, 6) is 1.78. The van der Waals surface area contributed by atoms with Crippen molar-refractivity contribution in [3.63, 3.8) is 0 Å². The molecule has 1 aliphatic heterocycles. The van der Waals surface area contributed by atoms with E-state index in [9.17, 15) is 15.0 Å². The van der Waals surface area contributed by atoms with Crippen molar-refractivity contribution < 1.29 is 43.5 Å². The third kappa shape index (κ3) is 16.0. The Balaban J connectivity index is 1.30. The Hall–Kier alpha value is -4.49. The lowest BCUT2D eigenvalue weighted by molar-refractivity contribution is -0.223. The van der Waals surface area contributed by atoms with Gasteiger partial charge in [-0.15, -0.1) is 6.58 Å². The quantitative estimate of drug-likeness (QED) is 0.0301. The smallest absolute Gasteiger partial charge is 0.417 e. The van der Waals surface area contributed by atoms with Gasteiger partial charge in [0.2, 0.25) is 5.79 Å². The summed E-state index contributed by atoms with van der Waals surface area (Å²) >= 11 is 1.92. The number of hydrogen-bond acceptors (Lipinski definition) is 11. The molecule has 3 aliphatic rings. The third-order valence-corrected chi connectivity index (χ3v) is 16.0. The minimum absolute atomic E-state index is 0.108. The van der Waals surface area contributed by atoms with Gasteiger partial charge in [-0.2, -0.15) is 11.8 Å². The second kappa shape index (κ2) is 30.5. The molecule has 1 heterocycles. The lowest BCUT2D eigenvalue weighted by Crippen LogP contribution is -2.64. The van der Waals surface area contributed by atoms with E-state index in [1.54, 1.807) is 37.5 Å². The van der Waals surface area contributed by atoms with Gasteiger partial charge in [0.15, 0.2) is 0 Å². The topological polar surface area (TPSA) is 137 Å². The minimum atomic E-state index is -1.08. The van der Waals surface area contributed by atoms with Crippen LogP contribution in [-0.2, 0) is 16.2 Å². The second-order valence-electron chi connectivity index (χ2n) is 19.6. The Morgan fingerprint density at radius 1 is 0.817 bits per heavy atom. The Labute approximate surface area is 429 Å². The molecule has 3 aromatic rings. The number of anilines is 1. The number of nitrogens with one attached hydrogen (secondary N) is 1. The van der Waals surface area contributed by atoms with Crippen molar-refractivity contribution in [2.45, 2.75) is 165 Å². The number of unbranched alkanes of at least 4 members (excludes halogenated alkanes) is 15. The predicted molar refractivity (Wildman–Crippen MR) is 288 cm³/mol. The highest BCUT2D eigenvalue weighted by atomic mass is 32.2. The molecule has 0 radical (unpaired) electrons. The SMILES string of the molecule is C=CCOC12Oc3ccc(OC(=O)Nc4ccc(OC)cc4OC)cc3C3C(CCCCO)C(CCCCO)C=C(C(=NOCc4ccccc4)CC1SCCCCCCCCCCCCCCCC)C32. The van der Waals surface area contributed by atoms with Crippen LogP contribution in [0.15, 0.2) is 96.2 Å². The van der Waals surface area contributed by atoms with E-state index in [0.29, 0.717) is 61.2 Å². The van der Waals surface area contributed by atoms with E-state index in [1.165, 1.54) is 90.6 Å². The summed E-state index contributed by atoms with van der Waals surface area (Å²) in [5.41, 5.74) is 4.39. The lowest BCUT2D eigenvalue weighted by Gasteiger charge is -2.58. The highest BCUT2D eigenvalue weighted by Crippen LogP contribution is 2.62. The molecule has 390 valence electrons. The predicted octanol–water partition coefficient (Wildman–Crippen LogP) is 14.4. The number of oxime groups is 1. The zero-order valence-corrected chi connectivity index (χ0v) is 43.9. The molecular weight excluding hydrogens is 913 g/mol. The van der Waals surface area contributed by atoms with E-state index < -0.39 is 11.9 Å². The second-order valence-corrected chi connectivity index (χ2v) is 20.9. The fourth-order valence-corrected chi connectivity index (χ4v) is 12.4. The summed E-state index contributed by atoms with van der Waals surface area (Å²) in [6, 6.07) is 21.0. The summed E-state index contributed by atoms with van der Waals surface area (Å²) in [6.45, 7) is 7.26. The van der Waals surface area contributed by atoms with E-state index >= 15 is 0 Å². The first-order valence-electron chi connectivity index (χ1n) is 27.0. The molecule has 0 aromatic heterocycles. The normalized spacial score (nSPS) is 21.6. The number of ether oxygens (including phenoxy) is 5. The maximum atomic E-state index is 13.6. The molecule has 3 N–H and O–H groups in total. The molecule has 3 aromatic carbocycles. The van der Waals surface area contributed by atoms with Gasteiger partial charge in [-0.3, -0.25) is 5.32 Å². The number of nitrogens with zero attached hydrogens (tertiary/aromatic N) is 1. The van der Waals surface area contributed by atoms with Gasteiger partial charge < -0.3 is 38.7 Å². The number of carbonyl (C=O) groups excluding carboxylic acids is 1. The van der Waals surface area contributed by atoms with Crippen LogP contribution >= 0.6 is 11.8 Å². The van der Waals surface area contributed by atoms with Crippen LogP contribution in [0, 0.1) is 17.8 Å². The maximum Gasteiger partial charge on any atom is 0.417 e. The third-order valence-electron chi connectivity index (χ3n) is 14.5. The van der Waals surface area contributed by atoms with Crippen molar-refractivity contribution in [1.29, 1.82) is 0 Å². The van der Waals surface area contributed by atoms with Crippen molar-refractivity contribution in [3.05, 3.63) is 102 Å². The first kappa shape index (κ1) is 55.8. The number of rotatable bonds is 34.